The SMILES string of the molecule is CC.CC.CC1CC(C)C(C)CC1C.Cc1cc(C)c(C)cc1C. The van der Waals surface area contributed by atoms with Gasteiger partial charge in [0.05, 0.1) is 0 Å². The molecule has 0 nitrogen and oxygen atoms in total. The van der Waals surface area contributed by atoms with Crippen molar-refractivity contribution in [1.29, 1.82) is 0 Å². The largest absolute Gasteiger partial charge is 0.0683 e. The van der Waals surface area contributed by atoms with Crippen molar-refractivity contribution in [2.45, 2.75) is 95.9 Å². The zero-order chi connectivity index (χ0) is 19.4. The van der Waals surface area contributed by atoms with Crippen LogP contribution in [0.1, 0.15) is 90.5 Å². The monoisotopic (exact) mass is 334 g/mol. The molecule has 1 saturated carbocycles. The van der Waals surface area contributed by atoms with E-state index in [2.05, 4.69) is 67.5 Å². The van der Waals surface area contributed by atoms with Crippen molar-refractivity contribution in [3.05, 3.63) is 34.4 Å². The van der Waals surface area contributed by atoms with E-state index in [-0.39, 0.29) is 0 Å². The van der Waals surface area contributed by atoms with Crippen LogP contribution in [-0.2, 0) is 0 Å². The Morgan fingerprint density at radius 1 is 0.500 bits per heavy atom. The van der Waals surface area contributed by atoms with Crippen molar-refractivity contribution in [2.24, 2.45) is 23.7 Å². The molecule has 0 N–H and O–H groups in total. The Kier molecular flexibility index (Phi) is 14.3. The minimum absolute atomic E-state index is 0.964. The third kappa shape index (κ3) is 8.90. The molecule has 0 heteroatoms. The van der Waals surface area contributed by atoms with Crippen molar-refractivity contribution in [3.8, 4) is 0 Å². The molecule has 1 aromatic rings. The number of hydrogen-bond acceptors (Lipinski definition) is 0. The molecule has 4 unspecified atom stereocenters. The fourth-order valence-electron chi connectivity index (χ4n) is 3.21. The zero-order valence-corrected chi connectivity index (χ0v) is 18.9. The third-order valence-electron chi connectivity index (χ3n) is 5.54. The van der Waals surface area contributed by atoms with Crippen LogP contribution in [0.2, 0.25) is 0 Å². The standard InChI is InChI=1S/C10H20.C10H14.2C2H6/c2*1-7-5-9(3)10(4)6-8(7)2;2*1-2/h7-10H,5-6H2,1-4H3;5-6H,1-4H3;2*1-2H3. The summed E-state index contributed by atoms with van der Waals surface area (Å²) in [6.45, 7) is 26.2. The first-order valence-corrected chi connectivity index (χ1v) is 10.3. The van der Waals surface area contributed by atoms with Gasteiger partial charge in [-0.1, -0.05) is 67.5 Å². The van der Waals surface area contributed by atoms with Crippen LogP contribution >= 0.6 is 0 Å². The van der Waals surface area contributed by atoms with E-state index >= 15 is 0 Å². The van der Waals surface area contributed by atoms with E-state index in [1.165, 1.54) is 35.1 Å². The van der Waals surface area contributed by atoms with Crippen molar-refractivity contribution < 1.29 is 0 Å². The van der Waals surface area contributed by atoms with E-state index in [4.69, 9.17) is 0 Å². The zero-order valence-electron chi connectivity index (χ0n) is 18.9. The minimum Gasteiger partial charge on any atom is -0.0683 e. The first kappa shape index (κ1) is 25.5. The molecule has 0 bridgehead atoms. The van der Waals surface area contributed by atoms with Crippen LogP contribution in [-0.4, -0.2) is 0 Å². The molecular formula is C24H46. The number of rotatable bonds is 0. The summed E-state index contributed by atoms with van der Waals surface area (Å²) in [6, 6.07) is 4.48. The first-order valence-electron chi connectivity index (χ1n) is 10.3. The molecule has 142 valence electrons. The van der Waals surface area contributed by atoms with Crippen LogP contribution in [0.5, 0.6) is 0 Å². The molecule has 4 atom stereocenters. The summed E-state index contributed by atoms with van der Waals surface area (Å²) >= 11 is 0. The highest BCUT2D eigenvalue weighted by atomic mass is 14.3. The number of aryl methyl sites for hydroxylation is 4. The second kappa shape index (κ2) is 13.5. The van der Waals surface area contributed by atoms with Crippen LogP contribution < -0.4 is 0 Å². The molecule has 0 aliphatic heterocycles. The Morgan fingerprint density at radius 3 is 0.833 bits per heavy atom. The van der Waals surface area contributed by atoms with Crippen molar-refractivity contribution >= 4 is 0 Å². The summed E-state index contributed by atoms with van der Waals surface area (Å²) < 4.78 is 0. The van der Waals surface area contributed by atoms with Crippen LogP contribution in [0.15, 0.2) is 12.1 Å². The Balaban J connectivity index is 0. The van der Waals surface area contributed by atoms with E-state index in [1.54, 1.807) is 0 Å². The van der Waals surface area contributed by atoms with Crippen molar-refractivity contribution in [3.63, 3.8) is 0 Å². The highest BCUT2D eigenvalue weighted by Gasteiger charge is 2.26. The van der Waals surface area contributed by atoms with Gasteiger partial charge in [0, 0.05) is 0 Å². The molecule has 0 heterocycles. The fraction of sp³-hybridized carbons (Fsp3) is 0.750. The Hall–Kier alpha value is -0.780. The maximum Gasteiger partial charge on any atom is -0.0395 e. The predicted octanol–water partition coefficient (Wildman–Crippen LogP) is 8.30. The van der Waals surface area contributed by atoms with Gasteiger partial charge in [-0.15, -0.1) is 0 Å². The number of benzene rings is 1. The van der Waals surface area contributed by atoms with Gasteiger partial charge in [-0.05, 0) is 86.5 Å². The maximum absolute atomic E-state index is 2.40. The first-order chi connectivity index (χ1) is 11.2. The lowest BCUT2D eigenvalue weighted by atomic mass is 9.71. The quantitative estimate of drug-likeness (QED) is 0.447. The van der Waals surface area contributed by atoms with Crippen LogP contribution in [0, 0.1) is 51.4 Å². The molecule has 1 aliphatic rings. The van der Waals surface area contributed by atoms with E-state index in [0.29, 0.717) is 0 Å². The summed E-state index contributed by atoms with van der Waals surface area (Å²) in [5.41, 5.74) is 5.57. The van der Waals surface area contributed by atoms with E-state index < -0.39 is 0 Å². The molecule has 1 fully saturated rings. The Morgan fingerprint density at radius 2 is 0.667 bits per heavy atom. The second-order valence-corrected chi connectivity index (χ2v) is 7.40. The van der Waals surface area contributed by atoms with Crippen molar-refractivity contribution in [2.75, 3.05) is 0 Å². The van der Waals surface area contributed by atoms with E-state index in [9.17, 15) is 0 Å². The molecule has 24 heavy (non-hydrogen) atoms. The van der Waals surface area contributed by atoms with Crippen LogP contribution in [0.4, 0.5) is 0 Å². The molecule has 1 aliphatic carbocycles. The Bertz CT molecular complexity index is 354. The lowest BCUT2D eigenvalue weighted by Crippen LogP contribution is -2.25. The van der Waals surface area contributed by atoms with Gasteiger partial charge in [-0.25, -0.2) is 0 Å². The predicted molar refractivity (Wildman–Crippen MR) is 114 cm³/mol. The normalized spacial score (nSPS) is 25.2. The lowest BCUT2D eigenvalue weighted by Gasteiger charge is -2.35. The molecule has 2 rings (SSSR count). The van der Waals surface area contributed by atoms with Gasteiger partial charge < -0.3 is 0 Å². The maximum atomic E-state index is 2.40. The summed E-state index contributed by atoms with van der Waals surface area (Å²) in [6.07, 6.45) is 2.89. The average Bonchev–Trinajstić information content (AvgIpc) is 2.56. The van der Waals surface area contributed by atoms with Gasteiger partial charge >= 0.3 is 0 Å². The van der Waals surface area contributed by atoms with Gasteiger partial charge in [0.2, 0.25) is 0 Å². The van der Waals surface area contributed by atoms with Gasteiger partial charge in [-0.3, -0.25) is 0 Å². The molecular weight excluding hydrogens is 288 g/mol. The van der Waals surface area contributed by atoms with Gasteiger partial charge in [0.25, 0.3) is 0 Å². The van der Waals surface area contributed by atoms with E-state index in [0.717, 1.165) is 23.7 Å². The topological polar surface area (TPSA) is 0 Å². The third-order valence-corrected chi connectivity index (χ3v) is 5.54. The van der Waals surface area contributed by atoms with Gasteiger partial charge in [-0.2, -0.15) is 0 Å². The summed E-state index contributed by atoms with van der Waals surface area (Å²) in [7, 11) is 0. The fourth-order valence-corrected chi connectivity index (χ4v) is 3.21. The lowest BCUT2D eigenvalue weighted by molar-refractivity contribution is 0.157. The highest BCUT2D eigenvalue weighted by Crippen LogP contribution is 2.36. The second-order valence-electron chi connectivity index (χ2n) is 7.40. The van der Waals surface area contributed by atoms with Crippen LogP contribution in [0.3, 0.4) is 0 Å². The smallest absolute Gasteiger partial charge is 0.0395 e. The highest BCUT2D eigenvalue weighted by molar-refractivity contribution is 5.35. The summed E-state index contributed by atoms with van der Waals surface area (Å²) in [5, 5.41) is 0. The summed E-state index contributed by atoms with van der Waals surface area (Å²) in [4.78, 5) is 0. The molecule has 0 spiro atoms. The average molecular weight is 335 g/mol. The Labute approximate surface area is 154 Å². The minimum atomic E-state index is 0.964. The summed E-state index contributed by atoms with van der Waals surface area (Å²) in [5.74, 6) is 3.86. The molecule has 1 aromatic carbocycles. The molecule has 0 saturated heterocycles. The molecule has 0 amide bonds. The van der Waals surface area contributed by atoms with Gasteiger partial charge in [0.1, 0.15) is 0 Å². The van der Waals surface area contributed by atoms with E-state index in [1.807, 2.05) is 27.7 Å². The molecule has 0 aromatic heterocycles. The van der Waals surface area contributed by atoms with Crippen molar-refractivity contribution in [1.82, 2.24) is 0 Å². The number of hydrogen-bond donors (Lipinski definition) is 0. The van der Waals surface area contributed by atoms with Crippen LogP contribution in [0.25, 0.3) is 0 Å². The molecule has 0 radical (unpaired) electrons. The van der Waals surface area contributed by atoms with Gasteiger partial charge in [0.15, 0.2) is 0 Å².